The van der Waals surface area contributed by atoms with Gasteiger partial charge in [-0.2, -0.15) is 0 Å². The molecule has 0 amide bonds. The van der Waals surface area contributed by atoms with Gasteiger partial charge in [0.05, 0.1) is 18.8 Å². The minimum absolute atomic E-state index is 0.145. The summed E-state index contributed by atoms with van der Waals surface area (Å²) in [6.45, 7) is 3.02. The number of carbonyl (C=O) groups excluding carboxylic acids is 1. The number of ether oxygens (including phenoxy) is 3. The Labute approximate surface area is 118 Å². The number of rotatable bonds is 9. The highest BCUT2D eigenvalue weighted by Crippen LogP contribution is 2.19. The largest absolute Gasteiger partial charge is 0.491 e. The van der Waals surface area contributed by atoms with Gasteiger partial charge in [0, 0.05) is 7.11 Å². The summed E-state index contributed by atoms with van der Waals surface area (Å²) in [5, 5.41) is 0. The van der Waals surface area contributed by atoms with Crippen molar-refractivity contribution in [2.24, 2.45) is 0 Å². The van der Waals surface area contributed by atoms with Crippen molar-refractivity contribution in [3.63, 3.8) is 0 Å². The molecule has 0 aliphatic heterocycles. The summed E-state index contributed by atoms with van der Waals surface area (Å²) < 4.78 is 28.7. The fourth-order valence-corrected chi connectivity index (χ4v) is 1.58. The van der Waals surface area contributed by atoms with Crippen LogP contribution in [0.25, 0.3) is 0 Å². The van der Waals surface area contributed by atoms with Gasteiger partial charge in [0.2, 0.25) is 0 Å². The van der Waals surface area contributed by atoms with Gasteiger partial charge in [0.15, 0.2) is 11.6 Å². The molecule has 0 radical (unpaired) electrons. The second kappa shape index (κ2) is 9.31. The molecule has 0 saturated carbocycles. The summed E-state index contributed by atoms with van der Waals surface area (Å²) in [5.74, 6) is -0.962. The van der Waals surface area contributed by atoms with E-state index >= 15 is 0 Å². The number of methoxy groups -OCH3 is 1. The molecule has 0 spiro atoms. The summed E-state index contributed by atoms with van der Waals surface area (Å²) >= 11 is 0. The van der Waals surface area contributed by atoms with Crippen molar-refractivity contribution >= 4 is 5.97 Å². The van der Waals surface area contributed by atoms with Crippen LogP contribution in [0.5, 0.6) is 5.75 Å². The maximum absolute atomic E-state index is 13.8. The number of carbonyl (C=O) groups is 1. The zero-order valence-electron chi connectivity index (χ0n) is 12.0. The lowest BCUT2D eigenvalue weighted by Crippen LogP contribution is -2.10. The van der Waals surface area contributed by atoms with Crippen LogP contribution in [0, 0.1) is 5.82 Å². The second-order valence-corrected chi connectivity index (χ2v) is 4.33. The van der Waals surface area contributed by atoms with Crippen LogP contribution >= 0.6 is 0 Å². The zero-order valence-corrected chi connectivity index (χ0v) is 12.0. The summed E-state index contributed by atoms with van der Waals surface area (Å²) in [6, 6.07) is 4.08. The van der Waals surface area contributed by atoms with Gasteiger partial charge in [0.25, 0.3) is 0 Å². The van der Waals surface area contributed by atoms with Crippen molar-refractivity contribution in [2.45, 2.75) is 26.2 Å². The van der Waals surface area contributed by atoms with Gasteiger partial charge >= 0.3 is 5.97 Å². The third kappa shape index (κ3) is 5.57. The smallest absolute Gasteiger partial charge is 0.338 e. The number of hydrogen-bond acceptors (Lipinski definition) is 4. The highest BCUT2D eigenvalue weighted by molar-refractivity contribution is 5.89. The minimum Gasteiger partial charge on any atom is -0.491 e. The van der Waals surface area contributed by atoms with Crippen LogP contribution in [0.3, 0.4) is 0 Å². The molecule has 4 nitrogen and oxygen atoms in total. The molecule has 1 aromatic rings. The quantitative estimate of drug-likeness (QED) is 0.516. The van der Waals surface area contributed by atoms with Gasteiger partial charge in [0.1, 0.15) is 6.61 Å². The fourth-order valence-electron chi connectivity index (χ4n) is 1.58. The Kier molecular flexibility index (Phi) is 7.65. The van der Waals surface area contributed by atoms with Gasteiger partial charge in [-0.1, -0.05) is 19.8 Å². The maximum atomic E-state index is 13.8. The van der Waals surface area contributed by atoms with Crippen molar-refractivity contribution in [1.29, 1.82) is 0 Å². The van der Waals surface area contributed by atoms with E-state index < -0.39 is 11.8 Å². The van der Waals surface area contributed by atoms with Crippen LogP contribution in [-0.4, -0.2) is 32.9 Å². The summed E-state index contributed by atoms with van der Waals surface area (Å²) in [5.41, 5.74) is 0.166. The van der Waals surface area contributed by atoms with Crippen LogP contribution in [0.2, 0.25) is 0 Å². The first-order valence-electron chi connectivity index (χ1n) is 6.77. The first-order valence-corrected chi connectivity index (χ1v) is 6.77. The van der Waals surface area contributed by atoms with Gasteiger partial charge in [-0.05, 0) is 24.6 Å². The summed E-state index contributed by atoms with van der Waals surface area (Å²) in [7, 11) is 1.51. The molecule has 0 unspecified atom stereocenters. The number of benzene rings is 1. The third-order valence-electron chi connectivity index (χ3n) is 2.69. The third-order valence-corrected chi connectivity index (χ3v) is 2.69. The molecule has 1 rings (SSSR count). The molecule has 1 aromatic carbocycles. The Hall–Kier alpha value is -1.62. The van der Waals surface area contributed by atoms with Crippen molar-refractivity contribution in [3.05, 3.63) is 29.6 Å². The van der Waals surface area contributed by atoms with E-state index in [1.165, 1.54) is 19.2 Å². The van der Waals surface area contributed by atoms with Gasteiger partial charge in [-0.15, -0.1) is 0 Å². The highest BCUT2D eigenvalue weighted by Gasteiger charge is 2.11. The number of hydrogen-bond donors (Lipinski definition) is 0. The van der Waals surface area contributed by atoms with Gasteiger partial charge in [-0.25, -0.2) is 9.18 Å². The Morgan fingerprint density at radius 2 is 2.00 bits per heavy atom. The van der Waals surface area contributed by atoms with Crippen LogP contribution < -0.4 is 4.74 Å². The van der Waals surface area contributed by atoms with Crippen molar-refractivity contribution in [1.82, 2.24) is 0 Å². The monoisotopic (exact) mass is 284 g/mol. The fraction of sp³-hybridized carbons (Fsp3) is 0.533. The van der Waals surface area contributed by atoms with Gasteiger partial charge in [-0.3, -0.25) is 0 Å². The van der Waals surface area contributed by atoms with E-state index in [9.17, 15) is 9.18 Å². The van der Waals surface area contributed by atoms with Gasteiger partial charge < -0.3 is 14.2 Å². The normalized spacial score (nSPS) is 10.3. The van der Waals surface area contributed by atoms with Crippen molar-refractivity contribution in [2.75, 3.05) is 26.9 Å². The molecule has 0 bridgehead atoms. The summed E-state index contributed by atoms with van der Waals surface area (Å²) in [4.78, 5) is 11.6. The molecule has 20 heavy (non-hydrogen) atoms. The molecule has 0 atom stereocenters. The van der Waals surface area contributed by atoms with E-state index in [2.05, 4.69) is 6.92 Å². The van der Waals surface area contributed by atoms with Crippen LogP contribution in [0.1, 0.15) is 36.5 Å². The summed E-state index contributed by atoms with van der Waals surface area (Å²) in [6.07, 6.45) is 3.01. The zero-order chi connectivity index (χ0) is 14.8. The van der Waals surface area contributed by atoms with E-state index in [4.69, 9.17) is 14.2 Å². The molecule has 0 saturated heterocycles. The van der Waals surface area contributed by atoms with E-state index in [0.717, 1.165) is 25.3 Å². The molecule has 0 N–H and O–H groups in total. The lowest BCUT2D eigenvalue weighted by molar-refractivity contribution is 0.0387. The van der Waals surface area contributed by atoms with E-state index in [1.54, 1.807) is 0 Å². The predicted octanol–water partition coefficient (Wildman–Crippen LogP) is 3.20. The Bertz CT molecular complexity index is 420. The molecular weight excluding hydrogens is 263 g/mol. The SMILES string of the molecule is CCCCCOc1ccc(C(=O)OCCOC)cc1F. The minimum atomic E-state index is -0.571. The molecule has 5 heteroatoms. The van der Waals surface area contributed by atoms with Crippen molar-refractivity contribution < 1.29 is 23.4 Å². The Morgan fingerprint density at radius 1 is 1.20 bits per heavy atom. The first-order chi connectivity index (χ1) is 9.69. The maximum Gasteiger partial charge on any atom is 0.338 e. The Morgan fingerprint density at radius 3 is 2.65 bits per heavy atom. The molecule has 0 aromatic heterocycles. The van der Waals surface area contributed by atoms with Crippen LogP contribution in [0.15, 0.2) is 18.2 Å². The topological polar surface area (TPSA) is 44.8 Å². The molecular formula is C15H21FO4. The first kappa shape index (κ1) is 16.4. The Balaban J connectivity index is 2.51. The molecule has 0 heterocycles. The van der Waals surface area contributed by atoms with Crippen molar-refractivity contribution in [3.8, 4) is 5.75 Å². The highest BCUT2D eigenvalue weighted by atomic mass is 19.1. The lowest BCUT2D eigenvalue weighted by Gasteiger charge is -2.08. The standard InChI is InChI=1S/C15H21FO4/c1-3-4-5-8-19-14-7-6-12(11-13(14)16)15(17)20-10-9-18-2/h6-7,11H,3-5,8-10H2,1-2H3. The van der Waals surface area contributed by atoms with E-state index in [-0.39, 0.29) is 17.9 Å². The van der Waals surface area contributed by atoms with Crippen LogP contribution in [-0.2, 0) is 9.47 Å². The molecule has 0 fully saturated rings. The number of unbranched alkanes of at least 4 members (excludes halogenated alkanes) is 2. The van der Waals surface area contributed by atoms with Crippen LogP contribution in [0.4, 0.5) is 4.39 Å². The molecule has 112 valence electrons. The van der Waals surface area contributed by atoms with E-state index in [1.807, 2.05) is 0 Å². The number of esters is 1. The number of halogens is 1. The molecule has 0 aliphatic rings. The second-order valence-electron chi connectivity index (χ2n) is 4.33. The van der Waals surface area contributed by atoms with E-state index in [0.29, 0.717) is 13.2 Å². The average Bonchev–Trinajstić information content (AvgIpc) is 2.45. The molecule has 0 aliphatic carbocycles. The lowest BCUT2D eigenvalue weighted by atomic mass is 10.2. The predicted molar refractivity (Wildman–Crippen MR) is 73.6 cm³/mol. The average molecular weight is 284 g/mol.